The molecule has 0 aromatic heterocycles. The lowest BCUT2D eigenvalue weighted by Gasteiger charge is -2.43. The standard InChI is InChI=1S/C22H28FN3O2S/c1-18-8-10-20(11-9-18)29(27,28)26-12-4-5-19(17-26)24-13-15-25(16-14-24)22-7-3-2-6-21(22)23/h2-3,6-11,19H,4-5,12-17H2,1H3. The summed E-state index contributed by atoms with van der Waals surface area (Å²) in [6.07, 6.45) is 1.86. The average Bonchev–Trinajstić information content (AvgIpc) is 2.75. The predicted octanol–water partition coefficient (Wildman–Crippen LogP) is 3.11. The van der Waals surface area contributed by atoms with Gasteiger partial charge in [-0.3, -0.25) is 4.90 Å². The van der Waals surface area contributed by atoms with Gasteiger partial charge in [0.05, 0.1) is 10.6 Å². The van der Waals surface area contributed by atoms with Crippen molar-refractivity contribution < 1.29 is 12.8 Å². The topological polar surface area (TPSA) is 43.9 Å². The summed E-state index contributed by atoms with van der Waals surface area (Å²) in [5.74, 6) is -0.186. The van der Waals surface area contributed by atoms with Crippen LogP contribution in [0, 0.1) is 12.7 Å². The lowest BCUT2D eigenvalue weighted by Crippen LogP contribution is -2.55. The molecule has 29 heavy (non-hydrogen) atoms. The Labute approximate surface area is 172 Å². The van der Waals surface area contributed by atoms with E-state index in [1.807, 2.05) is 31.2 Å². The highest BCUT2D eigenvalue weighted by molar-refractivity contribution is 7.89. The number of piperazine rings is 1. The molecule has 0 saturated carbocycles. The van der Waals surface area contributed by atoms with Gasteiger partial charge in [-0.25, -0.2) is 12.8 Å². The van der Waals surface area contributed by atoms with Crippen LogP contribution in [-0.2, 0) is 10.0 Å². The highest BCUT2D eigenvalue weighted by atomic mass is 32.2. The number of sulfonamides is 1. The normalized spacial score (nSPS) is 22.0. The molecule has 0 radical (unpaired) electrons. The predicted molar refractivity (Wildman–Crippen MR) is 113 cm³/mol. The smallest absolute Gasteiger partial charge is 0.243 e. The van der Waals surface area contributed by atoms with E-state index in [0.717, 1.165) is 44.6 Å². The van der Waals surface area contributed by atoms with Gasteiger partial charge in [-0.2, -0.15) is 4.31 Å². The quantitative estimate of drug-likeness (QED) is 0.767. The maximum absolute atomic E-state index is 14.1. The van der Waals surface area contributed by atoms with Crippen molar-refractivity contribution in [3.05, 3.63) is 59.9 Å². The molecule has 0 bridgehead atoms. The number of anilines is 1. The van der Waals surface area contributed by atoms with Crippen LogP contribution < -0.4 is 4.90 Å². The Morgan fingerprint density at radius 2 is 1.62 bits per heavy atom. The lowest BCUT2D eigenvalue weighted by molar-refractivity contribution is 0.128. The van der Waals surface area contributed by atoms with Crippen LogP contribution >= 0.6 is 0 Å². The molecule has 7 heteroatoms. The molecule has 1 unspecified atom stereocenters. The number of nitrogens with zero attached hydrogens (tertiary/aromatic N) is 3. The second-order valence-corrected chi connectivity index (χ2v) is 9.88. The fourth-order valence-corrected chi connectivity index (χ4v) is 5.85. The zero-order valence-electron chi connectivity index (χ0n) is 16.8. The summed E-state index contributed by atoms with van der Waals surface area (Å²) in [6.45, 7) is 6.19. The van der Waals surface area contributed by atoms with E-state index in [1.165, 1.54) is 6.07 Å². The van der Waals surface area contributed by atoms with Gasteiger partial charge < -0.3 is 4.90 Å². The van der Waals surface area contributed by atoms with Gasteiger partial charge in [0.2, 0.25) is 10.0 Å². The molecule has 156 valence electrons. The van der Waals surface area contributed by atoms with E-state index in [4.69, 9.17) is 0 Å². The average molecular weight is 418 g/mol. The van der Waals surface area contributed by atoms with Crippen molar-refractivity contribution in [2.75, 3.05) is 44.2 Å². The fraction of sp³-hybridized carbons (Fsp3) is 0.455. The third kappa shape index (κ3) is 4.32. The minimum Gasteiger partial charge on any atom is -0.367 e. The van der Waals surface area contributed by atoms with Crippen LogP contribution in [0.5, 0.6) is 0 Å². The van der Waals surface area contributed by atoms with Crippen LogP contribution in [-0.4, -0.2) is 62.9 Å². The first kappa shape index (κ1) is 20.3. The summed E-state index contributed by atoms with van der Waals surface area (Å²) < 4.78 is 41.8. The Kier molecular flexibility index (Phi) is 5.90. The lowest BCUT2D eigenvalue weighted by atomic mass is 10.0. The molecule has 2 aromatic carbocycles. The number of para-hydroxylation sites is 1. The van der Waals surface area contributed by atoms with Crippen molar-refractivity contribution >= 4 is 15.7 Å². The molecule has 2 aliphatic heterocycles. The van der Waals surface area contributed by atoms with Crippen molar-refractivity contribution in [3.63, 3.8) is 0 Å². The van der Waals surface area contributed by atoms with Crippen LogP contribution in [0.25, 0.3) is 0 Å². The Balaban J connectivity index is 1.40. The number of hydrogen-bond donors (Lipinski definition) is 0. The number of halogens is 1. The number of aryl methyl sites for hydroxylation is 1. The third-order valence-corrected chi connectivity index (χ3v) is 7.92. The molecule has 2 heterocycles. The summed E-state index contributed by atoms with van der Waals surface area (Å²) in [5, 5.41) is 0. The first-order chi connectivity index (χ1) is 13.9. The van der Waals surface area contributed by atoms with Crippen LogP contribution in [0.1, 0.15) is 18.4 Å². The van der Waals surface area contributed by atoms with E-state index in [1.54, 1.807) is 22.5 Å². The summed E-state index contributed by atoms with van der Waals surface area (Å²) >= 11 is 0. The molecule has 0 aliphatic carbocycles. The van der Waals surface area contributed by atoms with Gasteiger partial charge in [0.1, 0.15) is 5.82 Å². The maximum Gasteiger partial charge on any atom is 0.243 e. The van der Waals surface area contributed by atoms with E-state index in [2.05, 4.69) is 9.80 Å². The van der Waals surface area contributed by atoms with E-state index >= 15 is 0 Å². The monoisotopic (exact) mass is 417 g/mol. The summed E-state index contributed by atoms with van der Waals surface area (Å²) in [6, 6.07) is 14.2. The number of benzene rings is 2. The zero-order chi connectivity index (χ0) is 20.4. The molecule has 2 saturated heterocycles. The van der Waals surface area contributed by atoms with Crippen molar-refractivity contribution in [1.29, 1.82) is 0 Å². The van der Waals surface area contributed by atoms with Gasteiger partial charge in [-0.15, -0.1) is 0 Å². The third-order valence-electron chi connectivity index (χ3n) is 6.04. The molecular weight excluding hydrogens is 389 g/mol. The Morgan fingerprint density at radius 1 is 0.931 bits per heavy atom. The van der Waals surface area contributed by atoms with Gasteiger partial charge in [0, 0.05) is 45.3 Å². The van der Waals surface area contributed by atoms with E-state index in [9.17, 15) is 12.8 Å². The summed E-state index contributed by atoms with van der Waals surface area (Å²) in [7, 11) is -3.46. The summed E-state index contributed by atoms with van der Waals surface area (Å²) in [5.41, 5.74) is 1.70. The Morgan fingerprint density at radius 3 is 2.31 bits per heavy atom. The van der Waals surface area contributed by atoms with Gasteiger partial charge in [0.25, 0.3) is 0 Å². The number of piperidine rings is 1. The zero-order valence-corrected chi connectivity index (χ0v) is 17.6. The number of rotatable bonds is 4. The van der Waals surface area contributed by atoms with Crippen LogP contribution in [0.2, 0.25) is 0 Å². The SMILES string of the molecule is Cc1ccc(S(=O)(=O)N2CCCC(N3CCN(c4ccccc4F)CC3)C2)cc1. The summed E-state index contributed by atoms with van der Waals surface area (Å²) in [4.78, 5) is 4.82. The molecule has 2 aliphatic rings. The van der Waals surface area contributed by atoms with Gasteiger partial charge >= 0.3 is 0 Å². The molecule has 0 amide bonds. The van der Waals surface area contributed by atoms with Gasteiger partial charge in [-0.1, -0.05) is 29.8 Å². The second-order valence-electron chi connectivity index (χ2n) is 7.95. The van der Waals surface area contributed by atoms with Crippen molar-refractivity contribution in [2.24, 2.45) is 0 Å². The van der Waals surface area contributed by atoms with E-state index in [0.29, 0.717) is 23.7 Å². The Bertz CT molecular complexity index is 941. The van der Waals surface area contributed by atoms with Gasteiger partial charge in [-0.05, 0) is 44.0 Å². The Hall–Kier alpha value is -1.96. The van der Waals surface area contributed by atoms with Crippen molar-refractivity contribution in [1.82, 2.24) is 9.21 Å². The minimum absolute atomic E-state index is 0.186. The molecule has 0 spiro atoms. The minimum atomic E-state index is -3.46. The first-order valence-electron chi connectivity index (χ1n) is 10.3. The van der Waals surface area contributed by atoms with Crippen LogP contribution in [0.4, 0.5) is 10.1 Å². The van der Waals surface area contributed by atoms with Gasteiger partial charge in [0.15, 0.2) is 0 Å². The van der Waals surface area contributed by atoms with Crippen molar-refractivity contribution in [2.45, 2.75) is 30.7 Å². The largest absolute Gasteiger partial charge is 0.367 e. The molecule has 2 fully saturated rings. The van der Waals surface area contributed by atoms with Crippen LogP contribution in [0.15, 0.2) is 53.4 Å². The molecular formula is C22H28FN3O2S. The maximum atomic E-state index is 14.1. The highest BCUT2D eigenvalue weighted by Crippen LogP contribution is 2.26. The van der Waals surface area contributed by atoms with E-state index in [-0.39, 0.29) is 11.9 Å². The number of hydrogen-bond acceptors (Lipinski definition) is 4. The molecule has 1 atom stereocenters. The molecule has 0 N–H and O–H groups in total. The highest BCUT2D eigenvalue weighted by Gasteiger charge is 2.34. The molecule has 5 nitrogen and oxygen atoms in total. The van der Waals surface area contributed by atoms with E-state index < -0.39 is 10.0 Å². The van der Waals surface area contributed by atoms with Crippen molar-refractivity contribution in [3.8, 4) is 0 Å². The molecule has 2 aromatic rings. The van der Waals surface area contributed by atoms with Crippen LogP contribution in [0.3, 0.4) is 0 Å². The molecule has 4 rings (SSSR count). The fourth-order valence-electron chi connectivity index (χ4n) is 4.33. The first-order valence-corrected chi connectivity index (χ1v) is 11.7. The second kappa shape index (κ2) is 8.42.